The zero-order valence-electron chi connectivity index (χ0n) is 7.56. The smallest absolute Gasteiger partial charge is 0.0135 e. The van der Waals surface area contributed by atoms with Gasteiger partial charge in [-0.2, -0.15) is 12.6 Å². The van der Waals surface area contributed by atoms with E-state index in [1.54, 1.807) is 0 Å². The minimum Gasteiger partial charge on any atom is -0.175 e. The molecular formula is C12H14S. The number of rotatable bonds is 1. The SMILES string of the molecule is SC1CCC=CC1c1ccccc1. The number of hydrogen-bond acceptors (Lipinski definition) is 1. The van der Waals surface area contributed by atoms with E-state index in [0.29, 0.717) is 11.2 Å². The van der Waals surface area contributed by atoms with E-state index in [2.05, 4.69) is 55.1 Å². The molecule has 2 atom stereocenters. The summed E-state index contributed by atoms with van der Waals surface area (Å²) in [7, 11) is 0. The maximum Gasteiger partial charge on any atom is 0.0135 e. The van der Waals surface area contributed by atoms with Crippen molar-refractivity contribution in [2.45, 2.75) is 24.0 Å². The minimum atomic E-state index is 0.493. The molecule has 1 aliphatic rings. The van der Waals surface area contributed by atoms with Crippen LogP contribution >= 0.6 is 12.6 Å². The Morgan fingerprint density at radius 2 is 1.92 bits per heavy atom. The highest BCUT2D eigenvalue weighted by molar-refractivity contribution is 7.81. The van der Waals surface area contributed by atoms with Crippen LogP contribution < -0.4 is 0 Å². The molecule has 0 bridgehead atoms. The van der Waals surface area contributed by atoms with Crippen LogP contribution in [0.5, 0.6) is 0 Å². The Kier molecular flexibility index (Phi) is 2.74. The second-order valence-corrected chi connectivity index (χ2v) is 4.17. The summed E-state index contributed by atoms with van der Waals surface area (Å²) in [4.78, 5) is 0. The van der Waals surface area contributed by atoms with E-state index in [-0.39, 0.29) is 0 Å². The maximum atomic E-state index is 4.62. The molecule has 0 nitrogen and oxygen atoms in total. The summed E-state index contributed by atoms with van der Waals surface area (Å²) in [6.45, 7) is 0. The molecule has 0 saturated carbocycles. The van der Waals surface area contributed by atoms with Gasteiger partial charge in [0.05, 0.1) is 0 Å². The van der Waals surface area contributed by atoms with Crippen molar-refractivity contribution in [1.29, 1.82) is 0 Å². The van der Waals surface area contributed by atoms with Gasteiger partial charge in [0.1, 0.15) is 0 Å². The third-order valence-electron chi connectivity index (χ3n) is 2.57. The normalized spacial score (nSPS) is 27.5. The molecule has 0 N–H and O–H groups in total. The van der Waals surface area contributed by atoms with Crippen LogP contribution in [0.3, 0.4) is 0 Å². The van der Waals surface area contributed by atoms with Gasteiger partial charge in [-0.05, 0) is 18.4 Å². The van der Waals surface area contributed by atoms with Gasteiger partial charge in [0.2, 0.25) is 0 Å². The first-order valence-corrected chi connectivity index (χ1v) is 5.29. The van der Waals surface area contributed by atoms with Crippen LogP contribution in [0.15, 0.2) is 42.5 Å². The Hall–Kier alpha value is -0.690. The van der Waals surface area contributed by atoms with Crippen LogP contribution in [0.4, 0.5) is 0 Å². The molecule has 0 aliphatic heterocycles. The number of benzene rings is 1. The summed E-state index contributed by atoms with van der Waals surface area (Å²) in [6.07, 6.45) is 6.93. The zero-order chi connectivity index (χ0) is 9.10. The Morgan fingerprint density at radius 3 is 2.62 bits per heavy atom. The lowest BCUT2D eigenvalue weighted by Crippen LogP contribution is -2.13. The number of thiol groups is 1. The molecule has 0 amide bonds. The van der Waals surface area contributed by atoms with Gasteiger partial charge in [0, 0.05) is 11.2 Å². The van der Waals surface area contributed by atoms with Crippen molar-refractivity contribution >= 4 is 12.6 Å². The second-order valence-electron chi connectivity index (χ2n) is 3.51. The third kappa shape index (κ3) is 1.97. The maximum absolute atomic E-state index is 4.62. The first-order valence-electron chi connectivity index (χ1n) is 4.77. The van der Waals surface area contributed by atoms with Gasteiger partial charge >= 0.3 is 0 Å². The quantitative estimate of drug-likeness (QED) is 0.509. The molecule has 0 radical (unpaired) electrons. The summed E-state index contributed by atoms with van der Waals surface area (Å²) < 4.78 is 0. The van der Waals surface area contributed by atoms with Gasteiger partial charge in [-0.3, -0.25) is 0 Å². The second kappa shape index (κ2) is 4.01. The topological polar surface area (TPSA) is 0 Å². The standard InChI is InChI=1S/C12H14S/c13-12-9-5-4-8-11(12)10-6-2-1-3-7-10/h1-4,6-8,11-13H,5,9H2. The first kappa shape index (κ1) is 8.89. The number of allylic oxidation sites excluding steroid dienone is 2. The molecule has 0 saturated heterocycles. The molecule has 2 rings (SSSR count). The van der Waals surface area contributed by atoms with E-state index in [1.807, 2.05) is 0 Å². The molecule has 0 spiro atoms. The molecule has 1 aliphatic carbocycles. The lowest BCUT2D eigenvalue weighted by molar-refractivity contribution is 0.676. The molecule has 68 valence electrons. The van der Waals surface area contributed by atoms with E-state index >= 15 is 0 Å². The monoisotopic (exact) mass is 190 g/mol. The van der Waals surface area contributed by atoms with Crippen LogP contribution in [0.1, 0.15) is 24.3 Å². The minimum absolute atomic E-state index is 0.493. The van der Waals surface area contributed by atoms with Crippen LogP contribution in [0.25, 0.3) is 0 Å². The molecule has 1 aromatic carbocycles. The highest BCUT2D eigenvalue weighted by atomic mass is 32.1. The van der Waals surface area contributed by atoms with Crippen molar-refractivity contribution in [2.24, 2.45) is 0 Å². The zero-order valence-corrected chi connectivity index (χ0v) is 8.45. The summed E-state index contributed by atoms with van der Waals surface area (Å²) in [5, 5.41) is 0.493. The van der Waals surface area contributed by atoms with Crippen LogP contribution in [0, 0.1) is 0 Å². The van der Waals surface area contributed by atoms with E-state index in [0.717, 1.165) is 0 Å². The van der Waals surface area contributed by atoms with Gasteiger partial charge < -0.3 is 0 Å². The van der Waals surface area contributed by atoms with Crippen molar-refractivity contribution in [1.82, 2.24) is 0 Å². The molecule has 1 heteroatoms. The van der Waals surface area contributed by atoms with Crippen LogP contribution in [-0.2, 0) is 0 Å². The molecule has 0 heterocycles. The van der Waals surface area contributed by atoms with Crippen molar-refractivity contribution < 1.29 is 0 Å². The highest BCUT2D eigenvalue weighted by Gasteiger charge is 2.18. The fourth-order valence-corrected chi connectivity index (χ4v) is 2.25. The van der Waals surface area contributed by atoms with Crippen LogP contribution in [0.2, 0.25) is 0 Å². The summed E-state index contributed by atoms with van der Waals surface area (Å²) >= 11 is 4.62. The predicted octanol–water partition coefficient (Wildman–Crippen LogP) is 3.42. The Labute approximate surface area is 85.1 Å². The molecule has 1 aromatic rings. The lowest BCUT2D eigenvalue weighted by atomic mass is 9.89. The Bertz CT molecular complexity index is 289. The van der Waals surface area contributed by atoms with Crippen LogP contribution in [-0.4, -0.2) is 5.25 Å². The highest BCUT2D eigenvalue weighted by Crippen LogP contribution is 2.31. The van der Waals surface area contributed by atoms with Gasteiger partial charge in [-0.1, -0.05) is 42.5 Å². The van der Waals surface area contributed by atoms with E-state index < -0.39 is 0 Å². The third-order valence-corrected chi connectivity index (χ3v) is 3.15. The lowest BCUT2D eigenvalue weighted by Gasteiger charge is -2.23. The molecule has 0 fully saturated rings. The van der Waals surface area contributed by atoms with Gasteiger partial charge in [-0.25, -0.2) is 0 Å². The summed E-state index contributed by atoms with van der Waals surface area (Å²) in [6, 6.07) is 10.6. The van der Waals surface area contributed by atoms with Gasteiger partial charge in [0.15, 0.2) is 0 Å². The average molecular weight is 190 g/mol. The largest absolute Gasteiger partial charge is 0.175 e. The van der Waals surface area contributed by atoms with Gasteiger partial charge in [0.25, 0.3) is 0 Å². The summed E-state index contributed by atoms with van der Waals surface area (Å²) in [5.74, 6) is 0.512. The fourth-order valence-electron chi connectivity index (χ4n) is 1.83. The fraction of sp³-hybridized carbons (Fsp3) is 0.333. The molecule has 13 heavy (non-hydrogen) atoms. The summed E-state index contributed by atoms with van der Waals surface area (Å²) in [5.41, 5.74) is 1.39. The van der Waals surface area contributed by atoms with E-state index in [4.69, 9.17) is 0 Å². The predicted molar refractivity (Wildman–Crippen MR) is 60.3 cm³/mol. The molecule has 0 aromatic heterocycles. The van der Waals surface area contributed by atoms with E-state index in [1.165, 1.54) is 18.4 Å². The first-order chi connectivity index (χ1) is 6.38. The van der Waals surface area contributed by atoms with Crippen molar-refractivity contribution in [2.75, 3.05) is 0 Å². The molecular weight excluding hydrogens is 176 g/mol. The van der Waals surface area contributed by atoms with Crippen molar-refractivity contribution in [3.8, 4) is 0 Å². The average Bonchev–Trinajstić information content (AvgIpc) is 2.20. The van der Waals surface area contributed by atoms with Crippen molar-refractivity contribution in [3.63, 3.8) is 0 Å². The number of hydrogen-bond donors (Lipinski definition) is 1. The molecule has 2 unspecified atom stereocenters. The van der Waals surface area contributed by atoms with Crippen molar-refractivity contribution in [3.05, 3.63) is 48.0 Å². The Balaban J connectivity index is 2.25. The van der Waals surface area contributed by atoms with E-state index in [9.17, 15) is 0 Å². The van der Waals surface area contributed by atoms with Gasteiger partial charge in [-0.15, -0.1) is 0 Å². The Morgan fingerprint density at radius 1 is 1.15 bits per heavy atom.